The van der Waals surface area contributed by atoms with Gasteiger partial charge in [0.05, 0.1) is 0 Å². The fourth-order valence-corrected chi connectivity index (χ4v) is 3.62. The highest BCUT2D eigenvalue weighted by Gasteiger charge is 2.27. The van der Waals surface area contributed by atoms with Crippen molar-refractivity contribution in [2.75, 3.05) is 40.0 Å². The van der Waals surface area contributed by atoms with Crippen LogP contribution in [-0.4, -0.2) is 61.8 Å². The van der Waals surface area contributed by atoms with Crippen molar-refractivity contribution in [2.24, 2.45) is 11.8 Å². The standard InChI is InChI=1S/C17H26N2O4S/c1-23-11-16(21)19-5-2-15(3-6-19)17(22)18-9-14(10-20)8-13-4-7-24-12-13/h4,7,12,14-15,20H,2-3,5-6,8-11H2,1H3,(H,18,22). The molecule has 2 amide bonds. The van der Waals surface area contributed by atoms with Crippen LogP contribution in [-0.2, 0) is 20.7 Å². The Balaban J connectivity index is 1.72. The lowest BCUT2D eigenvalue weighted by atomic mass is 9.95. The van der Waals surface area contributed by atoms with Gasteiger partial charge in [0.1, 0.15) is 6.61 Å². The van der Waals surface area contributed by atoms with Crippen molar-refractivity contribution >= 4 is 23.2 Å². The maximum absolute atomic E-state index is 12.3. The third kappa shape index (κ3) is 5.58. The Labute approximate surface area is 146 Å². The molecular formula is C17H26N2O4S. The van der Waals surface area contributed by atoms with E-state index in [1.165, 1.54) is 12.7 Å². The zero-order chi connectivity index (χ0) is 17.4. The van der Waals surface area contributed by atoms with E-state index in [9.17, 15) is 14.7 Å². The van der Waals surface area contributed by atoms with Crippen LogP contribution in [0.25, 0.3) is 0 Å². The molecule has 2 rings (SSSR count). The predicted octanol–water partition coefficient (Wildman–Crippen LogP) is 0.900. The molecule has 2 N–H and O–H groups in total. The van der Waals surface area contributed by atoms with E-state index in [2.05, 4.69) is 10.7 Å². The van der Waals surface area contributed by atoms with Gasteiger partial charge in [0.15, 0.2) is 0 Å². The number of aliphatic hydroxyl groups is 1. The second kappa shape index (κ2) is 9.76. The first-order valence-corrected chi connectivity index (χ1v) is 9.24. The monoisotopic (exact) mass is 354 g/mol. The minimum atomic E-state index is -0.0583. The number of methoxy groups -OCH3 is 1. The van der Waals surface area contributed by atoms with Crippen molar-refractivity contribution in [3.8, 4) is 0 Å². The number of likely N-dealkylation sites (tertiary alicyclic amines) is 1. The van der Waals surface area contributed by atoms with Crippen LogP contribution in [0.5, 0.6) is 0 Å². The van der Waals surface area contributed by atoms with Gasteiger partial charge in [-0.2, -0.15) is 11.3 Å². The molecule has 0 aliphatic carbocycles. The van der Waals surface area contributed by atoms with Gasteiger partial charge >= 0.3 is 0 Å². The van der Waals surface area contributed by atoms with Crippen LogP contribution >= 0.6 is 11.3 Å². The van der Waals surface area contributed by atoms with Gasteiger partial charge in [-0.3, -0.25) is 9.59 Å². The van der Waals surface area contributed by atoms with Crippen LogP contribution in [0, 0.1) is 11.8 Å². The molecule has 7 heteroatoms. The number of aliphatic hydroxyl groups excluding tert-OH is 1. The third-order valence-corrected chi connectivity index (χ3v) is 5.15. The van der Waals surface area contributed by atoms with E-state index < -0.39 is 0 Å². The zero-order valence-electron chi connectivity index (χ0n) is 14.1. The van der Waals surface area contributed by atoms with Crippen LogP contribution in [0.1, 0.15) is 18.4 Å². The molecule has 2 heterocycles. The van der Waals surface area contributed by atoms with Crippen LogP contribution in [0.15, 0.2) is 16.8 Å². The second-order valence-corrected chi connectivity index (χ2v) is 7.00. The largest absolute Gasteiger partial charge is 0.396 e. The Morgan fingerprint density at radius 2 is 2.21 bits per heavy atom. The molecule has 1 unspecified atom stereocenters. The predicted molar refractivity (Wildman–Crippen MR) is 92.8 cm³/mol. The number of nitrogens with one attached hydrogen (secondary N) is 1. The number of hydrogen-bond donors (Lipinski definition) is 2. The summed E-state index contributed by atoms with van der Waals surface area (Å²) in [5.74, 6) is -0.0194. The molecule has 1 aromatic heterocycles. The zero-order valence-corrected chi connectivity index (χ0v) is 14.9. The number of carbonyl (C=O) groups excluding carboxylic acids is 2. The van der Waals surface area contributed by atoms with Crippen molar-refractivity contribution in [1.29, 1.82) is 0 Å². The van der Waals surface area contributed by atoms with Crippen molar-refractivity contribution in [3.63, 3.8) is 0 Å². The molecule has 0 spiro atoms. The SMILES string of the molecule is COCC(=O)N1CCC(C(=O)NCC(CO)Cc2ccsc2)CC1. The lowest BCUT2D eigenvalue weighted by Crippen LogP contribution is -2.45. The number of hydrogen-bond acceptors (Lipinski definition) is 5. The average Bonchev–Trinajstić information content (AvgIpc) is 3.11. The number of piperidine rings is 1. The Morgan fingerprint density at radius 3 is 2.79 bits per heavy atom. The van der Waals surface area contributed by atoms with Gasteiger partial charge in [-0.05, 0) is 41.7 Å². The molecular weight excluding hydrogens is 328 g/mol. The lowest BCUT2D eigenvalue weighted by Gasteiger charge is -2.31. The first kappa shape index (κ1) is 18.9. The number of thiophene rings is 1. The summed E-state index contributed by atoms with van der Waals surface area (Å²) in [6, 6.07) is 2.04. The summed E-state index contributed by atoms with van der Waals surface area (Å²) in [6.45, 7) is 1.82. The summed E-state index contributed by atoms with van der Waals surface area (Å²) in [4.78, 5) is 25.8. The number of amides is 2. The van der Waals surface area contributed by atoms with E-state index in [0.717, 1.165) is 6.42 Å². The molecule has 1 atom stereocenters. The minimum Gasteiger partial charge on any atom is -0.396 e. The first-order chi connectivity index (χ1) is 11.6. The summed E-state index contributed by atoms with van der Waals surface area (Å²) < 4.78 is 4.86. The number of carbonyl (C=O) groups is 2. The molecule has 1 aliphatic rings. The normalized spacial score (nSPS) is 16.8. The molecule has 1 fully saturated rings. The summed E-state index contributed by atoms with van der Waals surface area (Å²) in [5, 5.41) is 16.5. The fraction of sp³-hybridized carbons (Fsp3) is 0.647. The van der Waals surface area contributed by atoms with Gasteiger partial charge in [0, 0.05) is 45.2 Å². The molecule has 0 saturated carbocycles. The molecule has 6 nitrogen and oxygen atoms in total. The molecule has 0 radical (unpaired) electrons. The molecule has 0 aromatic carbocycles. The number of nitrogens with zero attached hydrogens (tertiary/aromatic N) is 1. The average molecular weight is 354 g/mol. The fourth-order valence-electron chi connectivity index (χ4n) is 2.94. The van der Waals surface area contributed by atoms with Crippen LogP contribution in [0.3, 0.4) is 0 Å². The van der Waals surface area contributed by atoms with Crippen molar-refractivity contribution < 1.29 is 19.4 Å². The van der Waals surface area contributed by atoms with E-state index in [1.807, 2.05) is 11.4 Å². The quantitative estimate of drug-likeness (QED) is 0.727. The lowest BCUT2D eigenvalue weighted by molar-refractivity contribution is -0.138. The summed E-state index contributed by atoms with van der Waals surface area (Å²) in [7, 11) is 1.51. The van der Waals surface area contributed by atoms with Gasteiger partial charge in [-0.15, -0.1) is 0 Å². The molecule has 1 aromatic rings. The summed E-state index contributed by atoms with van der Waals surface area (Å²) >= 11 is 1.63. The van der Waals surface area contributed by atoms with Crippen molar-refractivity contribution in [3.05, 3.63) is 22.4 Å². The van der Waals surface area contributed by atoms with E-state index in [1.54, 1.807) is 16.2 Å². The third-order valence-electron chi connectivity index (χ3n) is 4.41. The van der Waals surface area contributed by atoms with Crippen molar-refractivity contribution in [1.82, 2.24) is 10.2 Å². The second-order valence-electron chi connectivity index (χ2n) is 6.22. The summed E-state index contributed by atoms with van der Waals surface area (Å²) in [5.41, 5.74) is 1.19. The van der Waals surface area contributed by atoms with E-state index in [-0.39, 0.29) is 36.9 Å². The molecule has 0 bridgehead atoms. The van der Waals surface area contributed by atoms with Crippen LogP contribution in [0.2, 0.25) is 0 Å². The van der Waals surface area contributed by atoms with E-state index in [4.69, 9.17) is 4.74 Å². The van der Waals surface area contributed by atoms with Gasteiger partial charge in [-0.1, -0.05) is 0 Å². The van der Waals surface area contributed by atoms with E-state index >= 15 is 0 Å². The summed E-state index contributed by atoms with van der Waals surface area (Å²) in [6.07, 6.45) is 2.12. The molecule has 1 saturated heterocycles. The number of ether oxygens (including phenoxy) is 1. The van der Waals surface area contributed by atoms with Gasteiger partial charge in [-0.25, -0.2) is 0 Å². The Morgan fingerprint density at radius 1 is 1.46 bits per heavy atom. The molecule has 134 valence electrons. The molecule has 24 heavy (non-hydrogen) atoms. The highest BCUT2D eigenvalue weighted by atomic mass is 32.1. The number of rotatable bonds is 8. The Hall–Kier alpha value is -1.44. The Kier molecular flexibility index (Phi) is 7.68. The molecule has 1 aliphatic heterocycles. The van der Waals surface area contributed by atoms with Crippen LogP contribution in [0.4, 0.5) is 0 Å². The maximum atomic E-state index is 12.3. The first-order valence-electron chi connectivity index (χ1n) is 8.30. The topological polar surface area (TPSA) is 78.9 Å². The maximum Gasteiger partial charge on any atom is 0.248 e. The van der Waals surface area contributed by atoms with Gasteiger partial charge < -0.3 is 20.1 Å². The highest BCUT2D eigenvalue weighted by molar-refractivity contribution is 7.07. The van der Waals surface area contributed by atoms with E-state index in [0.29, 0.717) is 32.5 Å². The minimum absolute atomic E-state index is 0.0209. The van der Waals surface area contributed by atoms with Crippen LogP contribution < -0.4 is 5.32 Å². The van der Waals surface area contributed by atoms with Gasteiger partial charge in [0.2, 0.25) is 11.8 Å². The van der Waals surface area contributed by atoms with Crippen molar-refractivity contribution in [2.45, 2.75) is 19.3 Å². The Bertz CT molecular complexity index is 513. The highest BCUT2D eigenvalue weighted by Crippen LogP contribution is 2.18. The smallest absolute Gasteiger partial charge is 0.248 e. The van der Waals surface area contributed by atoms with Gasteiger partial charge in [0.25, 0.3) is 0 Å².